The summed E-state index contributed by atoms with van der Waals surface area (Å²) >= 11 is 1.92. The number of benzene rings is 3. The van der Waals surface area contributed by atoms with Crippen molar-refractivity contribution in [1.29, 1.82) is 0 Å². The van der Waals surface area contributed by atoms with E-state index in [-0.39, 0.29) is 5.56 Å². The predicted octanol–water partition coefficient (Wildman–Crippen LogP) is 3.81. The molecule has 2 amide bonds. The maximum absolute atomic E-state index is 13.3. The van der Waals surface area contributed by atoms with Crippen LogP contribution in [0.4, 0.5) is 4.39 Å². The zero-order valence-corrected chi connectivity index (χ0v) is 16.5. The molecule has 7 heteroatoms. The van der Waals surface area contributed by atoms with Crippen LogP contribution in [0, 0.1) is 9.39 Å². The lowest BCUT2D eigenvalue weighted by molar-refractivity contribution is -0.128. The van der Waals surface area contributed by atoms with Crippen LogP contribution < -0.4 is 15.6 Å². The second-order valence-electron chi connectivity index (χ2n) is 5.84. The Kier molecular flexibility index (Phi) is 5.90. The molecule has 3 aromatic rings. The van der Waals surface area contributed by atoms with E-state index in [0.717, 1.165) is 16.8 Å². The van der Waals surface area contributed by atoms with E-state index in [9.17, 15) is 14.0 Å². The van der Waals surface area contributed by atoms with Gasteiger partial charge in [0.2, 0.25) is 0 Å². The fourth-order valence-corrected chi connectivity index (χ4v) is 3.04. The molecule has 0 fully saturated rings. The van der Waals surface area contributed by atoms with E-state index in [4.69, 9.17) is 4.74 Å². The molecule has 0 heterocycles. The van der Waals surface area contributed by atoms with Crippen LogP contribution in [-0.4, -0.2) is 17.9 Å². The lowest BCUT2D eigenvalue weighted by atomic mass is 10.1. The average molecular weight is 478 g/mol. The van der Waals surface area contributed by atoms with Gasteiger partial charge in [-0.25, -0.2) is 4.39 Å². The van der Waals surface area contributed by atoms with E-state index in [2.05, 4.69) is 10.9 Å². The first-order chi connectivity index (χ1) is 12.9. The van der Waals surface area contributed by atoms with Crippen molar-refractivity contribution in [3.63, 3.8) is 0 Å². The van der Waals surface area contributed by atoms with Crippen molar-refractivity contribution in [1.82, 2.24) is 10.9 Å². The molecule has 0 spiro atoms. The molecule has 3 rings (SSSR count). The summed E-state index contributed by atoms with van der Waals surface area (Å²) in [6, 6.07) is 17.2. The van der Waals surface area contributed by atoms with E-state index in [1.807, 2.05) is 59.0 Å². The highest BCUT2D eigenvalue weighted by Crippen LogP contribution is 2.21. The number of halogens is 2. The molecule has 0 saturated carbocycles. The number of hydrogen-bond donors (Lipinski definition) is 2. The second-order valence-corrected chi connectivity index (χ2v) is 7.00. The number of ether oxygens (including phenoxy) is 1. The minimum absolute atomic E-state index is 0.138. The maximum Gasteiger partial charge on any atom is 0.279 e. The van der Waals surface area contributed by atoms with Crippen LogP contribution in [0.25, 0.3) is 10.8 Å². The van der Waals surface area contributed by atoms with Crippen LogP contribution in [0.3, 0.4) is 0 Å². The van der Waals surface area contributed by atoms with Crippen molar-refractivity contribution in [3.8, 4) is 5.75 Å². The number of hydrazine groups is 1. The number of rotatable bonds is 4. The summed E-state index contributed by atoms with van der Waals surface area (Å²) < 4.78 is 19.5. The molecule has 1 unspecified atom stereocenters. The summed E-state index contributed by atoms with van der Waals surface area (Å²) in [6.07, 6.45) is -0.835. The lowest BCUT2D eigenvalue weighted by Gasteiger charge is -2.16. The Bertz CT molecular complexity index is 1010. The Labute approximate surface area is 169 Å². The first-order valence-corrected chi connectivity index (χ1v) is 9.22. The van der Waals surface area contributed by atoms with E-state index in [0.29, 0.717) is 9.32 Å². The van der Waals surface area contributed by atoms with E-state index in [1.165, 1.54) is 12.1 Å². The molecular weight excluding hydrogens is 462 g/mol. The Hall–Kier alpha value is -2.68. The first-order valence-electron chi connectivity index (χ1n) is 8.15. The van der Waals surface area contributed by atoms with Crippen molar-refractivity contribution in [2.45, 2.75) is 13.0 Å². The van der Waals surface area contributed by atoms with Crippen LogP contribution in [0.5, 0.6) is 5.75 Å². The predicted molar refractivity (Wildman–Crippen MR) is 109 cm³/mol. The van der Waals surface area contributed by atoms with Gasteiger partial charge in [-0.15, -0.1) is 0 Å². The van der Waals surface area contributed by atoms with Gasteiger partial charge in [-0.05, 0) is 70.6 Å². The third-order valence-corrected chi connectivity index (χ3v) is 4.82. The zero-order chi connectivity index (χ0) is 19.4. The van der Waals surface area contributed by atoms with Crippen molar-refractivity contribution < 1.29 is 18.7 Å². The Balaban J connectivity index is 1.60. The van der Waals surface area contributed by atoms with E-state index in [1.54, 1.807) is 13.0 Å². The van der Waals surface area contributed by atoms with Gasteiger partial charge in [0.05, 0.1) is 5.56 Å². The van der Waals surface area contributed by atoms with E-state index >= 15 is 0 Å². The summed E-state index contributed by atoms with van der Waals surface area (Å²) in [7, 11) is 0. The molecule has 5 nitrogen and oxygen atoms in total. The second kappa shape index (κ2) is 8.34. The molecule has 2 N–H and O–H groups in total. The van der Waals surface area contributed by atoms with Crippen LogP contribution in [0.1, 0.15) is 17.3 Å². The Morgan fingerprint density at radius 3 is 2.52 bits per heavy atom. The molecular formula is C20H16FIN2O3. The SMILES string of the molecule is CC(Oc1ccc2ccccc2c1)C(=O)NNC(=O)c1cc(F)ccc1I. The normalized spacial score (nSPS) is 11.7. The number of carbonyl (C=O) groups excluding carboxylic acids is 2. The molecule has 0 bridgehead atoms. The van der Waals surface area contributed by atoms with Gasteiger partial charge >= 0.3 is 0 Å². The highest BCUT2D eigenvalue weighted by molar-refractivity contribution is 14.1. The van der Waals surface area contributed by atoms with Gasteiger partial charge in [0.25, 0.3) is 11.8 Å². The monoisotopic (exact) mass is 478 g/mol. The minimum Gasteiger partial charge on any atom is -0.481 e. The maximum atomic E-state index is 13.3. The zero-order valence-electron chi connectivity index (χ0n) is 14.3. The highest BCUT2D eigenvalue weighted by Gasteiger charge is 2.17. The molecule has 138 valence electrons. The first kappa shape index (κ1) is 19.1. The molecule has 0 aliphatic rings. The number of nitrogens with one attached hydrogen (secondary N) is 2. The quantitative estimate of drug-likeness (QED) is 0.443. The summed E-state index contributed by atoms with van der Waals surface area (Å²) in [4.78, 5) is 24.3. The molecule has 27 heavy (non-hydrogen) atoms. The topological polar surface area (TPSA) is 67.4 Å². The van der Waals surface area contributed by atoms with Gasteiger partial charge in [0.15, 0.2) is 6.10 Å². The fraction of sp³-hybridized carbons (Fsp3) is 0.100. The van der Waals surface area contributed by atoms with E-state index < -0.39 is 23.7 Å². The van der Waals surface area contributed by atoms with Gasteiger partial charge < -0.3 is 4.74 Å². The minimum atomic E-state index is -0.835. The number of amides is 2. The Morgan fingerprint density at radius 2 is 1.74 bits per heavy atom. The lowest BCUT2D eigenvalue weighted by Crippen LogP contribution is -2.47. The molecule has 0 saturated heterocycles. The van der Waals surface area contributed by atoms with Crippen LogP contribution in [0.2, 0.25) is 0 Å². The number of fused-ring (bicyclic) bond motifs is 1. The van der Waals surface area contributed by atoms with Crippen molar-refractivity contribution >= 4 is 45.2 Å². The van der Waals surface area contributed by atoms with Crippen LogP contribution in [-0.2, 0) is 4.79 Å². The van der Waals surface area contributed by atoms with Crippen LogP contribution >= 0.6 is 22.6 Å². The van der Waals surface area contributed by atoms with Gasteiger partial charge in [-0.1, -0.05) is 30.3 Å². The summed E-state index contributed by atoms with van der Waals surface area (Å²) in [5.74, 6) is -1.12. The fourth-order valence-electron chi connectivity index (χ4n) is 2.46. The van der Waals surface area contributed by atoms with Gasteiger partial charge in [0, 0.05) is 3.57 Å². The highest BCUT2D eigenvalue weighted by atomic mass is 127. The van der Waals surface area contributed by atoms with Crippen LogP contribution in [0.15, 0.2) is 60.7 Å². The molecule has 1 atom stereocenters. The molecule has 0 aliphatic heterocycles. The summed E-state index contributed by atoms with van der Waals surface area (Å²) in [5, 5.41) is 2.07. The van der Waals surface area contributed by atoms with Crippen molar-refractivity contribution in [3.05, 3.63) is 75.6 Å². The van der Waals surface area contributed by atoms with Crippen molar-refractivity contribution in [2.75, 3.05) is 0 Å². The largest absolute Gasteiger partial charge is 0.481 e. The van der Waals surface area contributed by atoms with Gasteiger partial charge in [-0.3, -0.25) is 20.4 Å². The average Bonchev–Trinajstić information content (AvgIpc) is 2.67. The number of hydrogen-bond acceptors (Lipinski definition) is 3. The molecule has 3 aromatic carbocycles. The molecule has 0 radical (unpaired) electrons. The summed E-state index contributed by atoms with van der Waals surface area (Å²) in [5.41, 5.74) is 4.71. The standard InChI is InChI=1S/C20H16FIN2O3/c1-12(27-16-8-6-13-4-2-3-5-14(13)10-16)19(25)23-24-20(26)17-11-15(21)7-9-18(17)22/h2-12H,1H3,(H,23,25)(H,24,26). The summed E-state index contributed by atoms with van der Waals surface area (Å²) in [6.45, 7) is 1.57. The van der Waals surface area contributed by atoms with Crippen molar-refractivity contribution in [2.24, 2.45) is 0 Å². The third kappa shape index (κ3) is 4.73. The Morgan fingerprint density at radius 1 is 1.00 bits per heavy atom. The number of carbonyl (C=O) groups is 2. The smallest absolute Gasteiger partial charge is 0.279 e. The molecule has 0 aliphatic carbocycles. The van der Waals surface area contributed by atoms with Gasteiger partial charge in [-0.2, -0.15) is 0 Å². The third-order valence-electron chi connectivity index (χ3n) is 3.88. The molecule has 0 aromatic heterocycles. The van der Waals surface area contributed by atoms with Gasteiger partial charge in [0.1, 0.15) is 11.6 Å².